The summed E-state index contributed by atoms with van der Waals surface area (Å²) in [5, 5.41) is 0.748. The predicted molar refractivity (Wildman–Crippen MR) is 69.6 cm³/mol. The summed E-state index contributed by atoms with van der Waals surface area (Å²) in [6.07, 6.45) is 2.12. The minimum absolute atomic E-state index is 0.0519. The molecule has 1 aromatic heterocycles. The summed E-state index contributed by atoms with van der Waals surface area (Å²) in [4.78, 5) is 16.1. The van der Waals surface area contributed by atoms with Crippen LogP contribution in [0.5, 0.6) is 0 Å². The van der Waals surface area contributed by atoms with Crippen molar-refractivity contribution >= 4 is 21.9 Å². The lowest BCUT2D eigenvalue weighted by Crippen LogP contribution is -2.17. The van der Waals surface area contributed by atoms with E-state index in [4.69, 9.17) is 4.74 Å². The molecule has 0 atom stereocenters. The molecule has 0 aromatic carbocycles. The van der Waals surface area contributed by atoms with Crippen LogP contribution in [-0.2, 0) is 21.9 Å². The molecule has 1 aliphatic carbocycles. The van der Waals surface area contributed by atoms with Gasteiger partial charge >= 0.3 is 5.97 Å². The maximum Gasteiger partial charge on any atom is 0.356 e. The first-order valence-electron chi connectivity index (χ1n) is 5.67. The fourth-order valence-corrected chi connectivity index (χ4v) is 2.85. The Hall–Kier alpha value is -0.900. The summed E-state index contributed by atoms with van der Waals surface area (Å²) in [7, 11) is 1.39. The highest BCUT2D eigenvalue weighted by Gasteiger charge is 2.34. The van der Waals surface area contributed by atoms with E-state index in [-0.39, 0.29) is 11.4 Å². The normalized spacial score (nSPS) is 16.7. The molecular weight excluding hydrogens is 282 g/mol. The van der Waals surface area contributed by atoms with Crippen molar-refractivity contribution in [3.8, 4) is 0 Å². The molecule has 0 spiro atoms. The van der Waals surface area contributed by atoms with Crippen LogP contribution in [0.2, 0.25) is 0 Å². The van der Waals surface area contributed by atoms with E-state index in [1.165, 1.54) is 12.7 Å². The van der Waals surface area contributed by atoms with Gasteiger partial charge in [0.2, 0.25) is 0 Å². The Bertz CT molecular complexity index is 469. The van der Waals surface area contributed by atoms with Gasteiger partial charge in [0, 0.05) is 10.7 Å². The number of aromatic nitrogens is 1. The number of carbonyl (C=O) groups is 1. The Morgan fingerprint density at radius 2 is 2.29 bits per heavy atom. The molecule has 0 amide bonds. The van der Waals surface area contributed by atoms with E-state index in [0.717, 1.165) is 29.4 Å². The molecule has 0 radical (unpaired) electrons. The number of ether oxygens (including phenoxy) is 1. The van der Waals surface area contributed by atoms with Crippen LogP contribution >= 0.6 is 15.9 Å². The van der Waals surface area contributed by atoms with Crippen LogP contribution in [0.25, 0.3) is 0 Å². The maximum absolute atomic E-state index is 11.6. The number of nitrogens with zero attached hydrogens (tertiary/aromatic N) is 1. The summed E-state index contributed by atoms with van der Waals surface area (Å²) < 4.78 is 4.75. The number of alkyl halides is 1. The van der Waals surface area contributed by atoms with Crippen LogP contribution in [-0.4, -0.2) is 18.1 Å². The maximum atomic E-state index is 11.6. The third kappa shape index (κ3) is 2.10. The average Bonchev–Trinajstić information content (AvgIpc) is 2.63. The Morgan fingerprint density at radius 1 is 1.59 bits per heavy atom. The first-order valence-corrected chi connectivity index (χ1v) is 6.79. The first-order chi connectivity index (χ1) is 7.99. The van der Waals surface area contributed by atoms with Gasteiger partial charge in [-0.3, -0.25) is 0 Å². The van der Waals surface area contributed by atoms with Gasteiger partial charge in [-0.2, -0.15) is 0 Å². The topological polar surface area (TPSA) is 39.2 Å². The van der Waals surface area contributed by atoms with Gasteiger partial charge in [0.1, 0.15) is 5.69 Å². The molecule has 3 nitrogen and oxygen atoms in total. The molecule has 0 unspecified atom stereocenters. The number of hydrogen-bond donors (Lipinski definition) is 0. The van der Waals surface area contributed by atoms with Crippen LogP contribution < -0.4 is 0 Å². The van der Waals surface area contributed by atoms with Crippen LogP contribution in [0.1, 0.15) is 47.6 Å². The van der Waals surface area contributed by atoms with E-state index in [1.54, 1.807) is 0 Å². The number of fused-ring (bicyclic) bond motifs is 1. The second-order valence-electron chi connectivity index (χ2n) is 5.00. The quantitative estimate of drug-likeness (QED) is 0.622. The number of rotatable bonds is 2. The molecule has 17 heavy (non-hydrogen) atoms. The van der Waals surface area contributed by atoms with Gasteiger partial charge in [0.25, 0.3) is 0 Å². The van der Waals surface area contributed by atoms with Crippen molar-refractivity contribution in [1.29, 1.82) is 0 Å². The summed E-state index contributed by atoms with van der Waals surface area (Å²) >= 11 is 3.47. The standard InChI is InChI=1S/C13H16BrNO2/c1-13(2)5-4-9-8(7-14)6-10(12(16)17-3)15-11(9)13/h6H,4-5,7H2,1-3H3. The molecule has 0 saturated carbocycles. The van der Waals surface area contributed by atoms with Crippen molar-refractivity contribution < 1.29 is 9.53 Å². The molecule has 4 heteroatoms. The first kappa shape index (κ1) is 12.6. The van der Waals surface area contributed by atoms with E-state index in [1.807, 2.05) is 6.07 Å². The molecule has 1 heterocycles. The highest BCUT2D eigenvalue weighted by molar-refractivity contribution is 9.08. The van der Waals surface area contributed by atoms with Gasteiger partial charge in [0.05, 0.1) is 12.8 Å². The Morgan fingerprint density at radius 3 is 2.88 bits per heavy atom. The average molecular weight is 298 g/mol. The number of methoxy groups -OCH3 is 1. The van der Waals surface area contributed by atoms with E-state index in [0.29, 0.717) is 5.69 Å². The van der Waals surface area contributed by atoms with Crippen molar-refractivity contribution in [2.45, 2.75) is 37.4 Å². The Kier molecular flexibility index (Phi) is 3.25. The zero-order valence-corrected chi connectivity index (χ0v) is 11.9. The fourth-order valence-electron chi connectivity index (χ4n) is 2.35. The fraction of sp³-hybridized carbons (Fsp3) is 0.538. The number of hydrogen-bond acceptors (Lipinski definition) is 3. The Balaban J connectivity index is 2.59. The molecule has 0 N–H and O–H groups in total. The molecule has 0 saturated heterocycles. The van der Waals surface area contributed by atoms with Gasteiger partial charge in [-0.25, -0.2) is 9.78 Å². The summed E-state index contributed by atoms with van der Waals surface area (Å²) in [5.74, 6) is -0.363. The molecule has 92 valence electrons. The zero-order chi connectivity index (χ0) is 12.6. The van der Waals surface area contributed by atoms with Crippen molar-refractivity contribution in [3.05, 3.63) is 28.6 Å². The summed E-state index contributed by atoms with van der Waals surface area (Å²) in [6, 6.07) is 1.83. The SMILES string of the molecule is COC(=O)c1cc(CBr)c2c(n1)C(C)(C)CC2. The smallest absolute Gasteiger partial charge is 0.356 e. The van der Waals surface area contributed by atoms with Crippen molar-refractivity contribution in [2.75, 3.05) is 7.11 Å². The van der Waals surface area contributed by atoms with Crippen LogP contribution in [0.3, 0.4) is 0 Å². The summed E-state index contributed by atoms with van der Waals surface area (Å²) in [6.45, 7) is 4.34. The zero-order valence-electron chi connectivity index (χ0n) is 10.3. The second kappa shape index (κ2) is 4.41. The van der Waals surface area contributed by atoms with Crippen molar-refractivity contribution in [3.63, 3.8) is 0 Å². The third-order valence-electron chi connectivity index (χ3n) is 3.40. The van der Waals surface area contributed by atoms with Crippen LogP contribution in [0.4, 0.5) is 0 Å². The van der Waals surface area contributed by atoms with Gasteiger partial charge < -0.3 is 4.74 Å². The highest BCUT2D eigenvalue weighted by Crippen LogP contribution is 2.39. The van der Waals surface area contributed by atoms with Gasteiger partial charge in [-0.05, 0) is 30.0 Å². The molecule has 0 aliphatic heterocycles. The molecule has 0 fully saturated rings. The number of carbonyl (C=O) groups excluding carboxylic acids is 1. The van der Waals surface area contributed by atoms with Crippen LogP contribution in [0.15, 0.2) is 6.07 Å². The second-order valence-corrected chi connectivity index (χ2v) is 5.56. The van der Waals surface area contributed by atoms with Gasteiger partial charge in [0.15, 0.2) is 0 Å². The third-order valence-corrected chi connectivity index (χ3v) is 4.00. The highest BCUT2D eigenvalue weighted by atomic mass is 79.9. The van der Waals surface area contributed by atoms with Crippen LogP contribution in [0, 0.1) is 0 Å². The van der Waals surface area contributed by atoms with Gasteiger partial charge in [-0.1, -0.05) is 29.8 Å². The largest absolute Gasteiger partial charge is 0.464 e. The molecule has 2 rings (SSSR count). The van der Waals surface area contributed by atoms with Crippen molar-refractivity contribution in [1.82, 2.24) is 4.98 Å². The van der Waals surface area contributed by atoms with Crippen molar-refractivity contribution in [2.24, 2.45) is 0 Å². The lowest BCUT2D eigenvalue weighted by molar-refractivity contribution is 0.0593. The lowest BCUT2D eigenvalue weighted by atomic mass is 9.90. The minimum Gasteiger partial charge on any atom is -0.464 e. The number of esters is 1. The molecule has 1 aliphatic rings. The minimum atomic E-state index is -0.363. The van der Waals surface area contributed by atoms with E-state index < -0.39 is 0 Å². The monoisotopic (exact) mass is 297 g/mol. The molecule has 0 bridgehead atoms. The number of pyridine rings is 1. The number of halogens is 1. The Labute approximate surface area is 110 Å². The lowest BCUT2D eigenvalue weighted by Gasteiger charge is -2.18. The molecule has 1 aromatic rings. The van der Waals surface area contributed by atoms with E-state index in [2.05, 4.69) is 34.8 Å². The van der Waals surface area contributed by atoms with E-state index >= 15 is 0 Å². The van der Waals surface area contributed by atoms with E-state index in [9.17, 15) is 4.79 Å². The predicted octanol–water partition coefficient (Wildman–Crippen LogP) is 2.99. The molecular formula is C13H16BrNO2. The summed E-state index contributed by atoms with van der Waals surface area (Å²) in [5.41, 5.74) is 3.96. The van der Waals surface area contributed by atoms with Gasteiger partial charge in [-0.15, -0.1) is 0 Å².